The van der Waals surface area contributed by atoms with Crippen molar-refractivity contribution in [3.63, 3.8) is 0 Å². The molecule has 1 aromatic carbocycles. The third-order valence-electron chi connectivity index (χ3n) is 5.06. The molecule has 2 aromatic rings. The third-order valence-corrected chi connectivity index (χ3v) is 5.06. The smallest absolute Gasteiger partial charge is 0.227 e. The predicted octanol–water partition coefficient (Wildman–Crippen LogP) is 3.01. The largest absolute Gasteiger partial charge is 0.394 e. The van der Waals surface area contributed by atoms with E-state index in [1.807, 2.05) is 11.8 Å². The van der Waals surface area contributed by atoms with Crippen LogP contribution in [0.15, 0.2) is 12.1 Å². The number of aromatic amines is 1. The number of aromatic nitrogens is 1. The van der Waals surface area contributed by atoms with Crippen molar-refractivity contribution in [2.45, 2.75) is 52.5 Å². The number of nitrogens with zero attached hydrogens (tertiary/aromatic N) is 1. The average Bonchev–Trinajstić information content (AvgIpc) is 2.84. The molecule has 1 aliphatic rings. The van der Waals surface area contributed by atoms with Crippen LogP contribution in [0.3, 0.4) is 0 Å². The molecule has 124 valence electrons. The Labute approximate surface area is 137 Å². The minimum atomic E-state index is -0.00904. The highest BCUT2D eigenvalue weighted by Crippen LogP contribution is 2.28. The first-order valence-corrected chi connectivity index (χ1v) is 8.50. The molecule has 0 saturated carbocycles. The van der Waals surface area contributed by atoms with E-state index in [4.69, 9.17) is 0 Å². The Balaban J connectivity index is 1.92. The van der Waals surface area contributed by atoms with Gasteiger partial charge in [-0.25, -0.2) is 0 Å². The van der Waals surface area contributed by atoms with E-state index >= 15 is 0 Å². The molecule has 0 aliphatic carbocycles. The summed E-state index contributed by atoms with van der Waals surface area (Å²) in [5, 5.41) is 10.7. The average molecular weight is 314 g/mol. The molecule has 1 aromatic heterocycles. The molecular formula is C19H26N2O2. The summed E-state index contributed by atoms with van der Waals surface area (Å²) in [6.07, 6.45) is 3.45. The van der Waals surface area contributed by atoms with Crippen LogP contribution in [-0.2, 0) is 11.2 Å². The molecule has 2 heterocycles. The SMILES string of the molecule is Cc1cc(C)c2[nH]c(C)c(CC(=O)N3CCCCC3CO)c2c1. The third kappa shape index (κ3) is 3.00. The number of aliphatic hydroxyl groups is 1. The molecule has 1 unspecified atom stereocenters. The molecule has 1 saturated heterocycles. The molecule has 0 spiro atoms. The van der Waals surface area contributed by atoms with E-state index in [0.29, 0.717) is 6.42 Å². The highest BCUT2D eigenvalue weighted by Gasteiger charge is 2.27. The number of rotatable bonds is 3. The number of carbonyl (C=O) groups excluding carboxylic acids is 1. The van der Waals surface area contributed by atoms with E-state index in [0.717, 1.165) is 48.0 Å². The lowest BCUT2D eigenvalue weighted by molar-refractivity contribution is -0.135. The lowest BCUT2D eigenvalue weighted by atomic mass is 9.99. The molecular weight excluding hydrogens is 288 g/mol. The Morgan fingerprint density at radius 2 is 2.09 bits per heavy atom. The highest BCUT2D eigenvalue weighted by molar-refractivity contribution is 5.92. The Hall–Kier alpha value is -1.81. The van der Waals surface area contributed by atoms with Gasteiger partial charge in [0.15, 0.2) is 0 Å². The number of piperidine rings is 1. The summed E-state index contributed by atoms with van der Waals surface area (Å²) in [6.45, 7) is 7.06. The van der Waals surface area contributed by atoms with Crippen molar-refractivity contribution in [2.24, 2.45) is 0 Å². The number of fused-ring (bicyclic) bond motifs is 1. The second kappa shape index (κ2) is 6.36. The Bertz CT molecular complexity index is 733. The fraction of sp³-hybridized carbons (Fsp3) is 0.526. The van der Waals surface area contributed by atoms with Gasteiger partial charge in [-0.05, 0) is 57.2 Å². The van der Waals surface area contributed by atoms with Gasteiger partial charge in [-0.1, -0.05) is 11.6 Å². The van der Waals surface area contributed by atoms with Crippen molar-refractivity contribution in [3.8, 4) is 0 Å². The fourth-order valence-corrected chi connectivity index (χ4v) is 3.84. The maximum Gasteiger partial charge on any atom is 0.227 e. The molecule has 1 atom stereocenters. The number of hydrogen-bond acceptors (Lipinski definition) is 2. The van der Waals surface area contributed by atoms with Crippen molar-refractivity contribution in [2.75, 3.05) is 13.2 Å². The van der Waals surface area contributed by atoms with Gasteiger partial charge in [0.25, 0.3) is 0 Å². The molecule has 0 bridgehead atoms. The maximum absolute atomic E-state index is 12.8. The number of benzene rings is 1. The van der Waals surface area contributed by atoms with Gasteiger partial charge >= 0.3 is 0 Å². The van der Waals surface area contributed by atoms with Crippen molar-refractivity contribution in [1.29, 1.82) is 0 Å². The summed E-state index contributed by atoms with van der Waals surface area (Å²) < 4.78 is 0. The first-order valence-electron chi connectivity index (χ1n) is 8.50. The van der Waals surface area contributed by atoms with Gasteiger partial charge in [0.2, 0.25) is 5.91 Å². The van der Waals surface area contributed by atoms with Gasteiger partial charge in [-0.15, -0.1) is 0 Å². The molecule has 23 heavy (non-hydrogen) atoms. The molecule has 4 heteroatoms. The normalized spacial score (nSPS) is 18.6. The van der Waals surface area contributed by atoms with Crippen LogP contribution in [0.1, 0.15) is 41.6 Å². The monoisotopic (exact) mass is 314 g/mol. The number of carbonyl (C=O) groups is 1. The van der Waals surface area contributed by atoms with E-state index < -0.39 is 0 Å². The van der Waals surface area contributed by atoms with Crippen molar-refractivity contribution in [1.82, 2.24) is 9.88 Å². The number of amides is 1. The van der Waals surface area contributed by atoms with Gasteiger partial charge in [0, 0.05) is 23.1 Å². The molecule has 1 fully saturated rings. The predicted molar refractivity (Wildman–Crippen MR) is 92.7 cm³/mol. The first kappa shape index (κ1) is 16.1. The van der Waals surface area contributed by atoms with Gasteiger partial charge in [0.1, 0.15) is 0 Å². The lowest BCUT2D eigenvalue weighted by Gasteiger charge is -2.34. The lowest BCUT2D eigenvalue weighted by Crippen LogP contribution is -2.46. The number of likely N-dealkylation sites (tertiary alicyclic amines) is 1. The second-order valence-electron chi connectivity index (χ2n) is 6.83. The fourth-order valence-electron chi connectivity index (χ4n) is 3.84. The van der Waals surface area contributed by atoms with Crippen molar-refractivity contribution in [3.05, 3.63) is 34.5 Å². The Morgan fingerprint density at radius 1 is 1.30 bits per heavy atom. The van der Waals surface area contributed by atoms with Gasteiger partial charge in [0.05, 0.1) is 19.1 Å². The zero-order valence-corrected chi connectivity index (χ0v) is 14.3. The molecule has 1 aliphatic heterocycles. The van der Waals surface area contributed by atoms with E-state index in [1.54, 1.807) is 0 Å². The maximum atomic E-state index is 12.8. The number of aliphatic hydroxyl groups excluding tert-OH is 1. The Kier molecular flexibility index (Phi) is 4.44. The summed E-state index contributed by atoms with van der Waals surface area (Å²) in [7, 11) is 0. The topological polar surface area (TPSA) is 56.3 Å². The van der Waals surface area contributed by atoms with Crippen LogP contribution in [0.5, 0.6) is 0 Å². The summed E-state index contributed by atoms with van der Waals surface area (Å²) >= 11 is 0. The molecule has 4 nitrogen and oxygen atoms in total. The van der Waals surface area contributed by atoms with Crippen LogP contribution in [0.4, 0.5) is 0 Å². The van der Waals surface area contributed by atoms with Crippen LogP contribution in [-0.4, -0.2) is 40.1 Å². The first-order chi connectivity index (χ1) is 11.0. The zero-order valence-electron chi connectivity index (χ0n) is 14.3. The number of H-pyrrole nitrogens is 1. The van der Waals surface area contributed by atoms with Gasteiger partial charge in [-0.3, -0.25) is 4.79 Å². The Morgan fingerprint density at radius 3 is 2.83 bits per heavy atom. The van der Waals surface area contributed by atoms with E-state index in [-0.39, 0.29) is 18.6 Å². The van der Waals surface area contributed by atoms with Crippen LogP contribution in [0, 0.1) is 20.8 Å². The quantitative estimate of drug-likeness (QED) is 0.915. The van der Waals surface area contributed by atoms with Crippen LogP contribution < -0.4 is 0 Å². The van der Waals surface area contributed by atoms with E-state index in [2.05, 4.69) is 31.0 Å². The number of aryl methyl sites for hydroxylation is 3. The van der Waals surface area contributed by atoms with E-state index in [9.17, 15) is 9.90 Å². The molecule has 2 N–H and O–H groups in total. The van der Waals surface area contributed by atoms with Crippen LogP contribution in [0.2, 0.25) is 0 Å². The van der Waals surface area contributed by atoms with E-state index in [1.165, 1.54) is 11.1 Å². The second-order valence-corrected chi connectivity index (χ2v) is 6.83. The highest BCUT2D eigenvalue weighted by atomic mass is 16.3. The number of hydrogen-bond donors (Lipinski definition) is 2. The number of nitrogens with one attached hydrogen (secondary N) is 1. The van der Waals surface area contributed by atoms with Gasteiger partial charge in [-0.2, -0.15) is 0 Å². The summed E-state index contributed by atoms with van der Waals surface area (Å²) in [5.41, 5.74) is 5.73. The van der Waals surface area contributed by atoms with Gasteiger partial charge < -0.3 is 15.0 Å². The van der Waals surface area contributed by atoms with Crippen molar-refractivity contribution >= 4 is 16.8 Å². The minimum absolute atomic E-state index is 0.00904. The molecule has 0 radical (unpaired) electrons. The molecule has 1 amide bonds. The van der Waals surface area contributed by atoms with Crippen molar-refractivity contribution < 1.29 is 9.90 Å². The minimum Gasteiger partial charge on any atom is -0.394 e. The van der Waals surface area contributed by atoms with Crippen LogP contribution in [0.25, 0.3) is 10.9 Å². The molecule has 3 rings (SSSR count). The standard InChI is InChI=1S/C19H26N2O2/c1-12-8-13(2)19-17(9-12)16(14(3)20-19)10-18(23)21-7-5-4-6-15(21)11-22/h8-9,15,20,22H,4-7,10-11H2,1-3H3. The summed E-state index contributed by atoms with van der Waals surface area (Å²) in [5.74, 6) is 0.131. The van der Waals surface area contributed by atoms with Crippen LogP contribution >= 0.6 is 0 Å². The summed E-state index contributed by atoms with van der Waals surface area (Å²) in [6, 6.07) is 4.31. The summed E-state index contributed by atoms with van der Waals surface area (Å²) in [4.78, 5) is 18.1. The zero-order chi connectivity index (χ0) is 16.6.